The van der Waals surface area contributed by atoms with Crippen molar-refractivity contribution in [2.75, 3.05) is 20.2 Å². The van der Waals surface area contributed by atoms with Crippen molar-refractivity contribution in [3.8, 4) is 0 Å². The van der Waals surface area contributed by atoms with Gasteiger partial charge < -0.3 is 10.5 Å². The summed E-state index contributed by atoms with van der Waals surface area (Å²) in [5.41, 5.74) is 5.54. The minimum atomic E-state index is 0.0129. The zero-order valence-electron chi connectivity index (χ0n) is 7.83. The second kappa shape index (κ2) is 3.28. The lowest BCUT2D eigenvalue weighted by Crippen LogP contribution is -2.65. The fourth-order valence-electron chi connectivity index (χ4n) is 1.40. The summed E-state index contributed by atoms with van der Waals surface area (Å²) in [6, 6.07) is 0.197. The van der Waals surface area contributed by atoms with Crippen molar-refractivity contribution in [2.45, 2.75) is 25.5 Å². The summed E-state index contributed by atoms with van der Waals surface area (Å²) in [5, 5.41) is 0. The quantitative estimate of drug-likeness (QED) is 0.650. The van der Waals surface area contributed by atoms with Crippen LogP contribution in [0.2, 0.25) is 0 Å². The normalized spacial score (nSPS) is 24.6. The van der Waals surface area contributed by atoms with Gasteiger partial charge in [0.2, 0.25) is 0 Å². The summed E-state index contributed by atoms with van der Waals surface area (Å²) in [5.74, 6) is 0. The Morgan fingerprint density at radius 2 is 2.17 bits per heavy atom. The van der Waals surface area contributed by atoms with Crippen LogP contribution in [0.15, 0.2) is 0 Å². The number of nitrogens with two attached hydrogens (primary N) is 1. The van der Waals surface area contributed by atoms with Crippen LogP contribution in [0.3, 0.4) is 0 Å². The molecule has 1 heterocycles. The molecule has 0 amide bonds. The molecule has 0 aromatic carbocycles. The van der Waals surface area contributed by atoms with E-state index in [0.29, 0.717) is 4.99 Å². The molecule has 1 saturated heterocycles. The molecular formula is C8H16N2OS. The Labute approximate surface area is 78.9 Å². The predicted octanol–water partition coefficient (Wildman–Crippen LogP) is 0.382. The van der Waals surface area contributed by atoms with Gasteiger partial charge in [-0.3, -0.25) is 4.90 Å². The Balaban J connectivity index is 2.39. The maximum Gasteiger partial charge on any atom is 0.0903 e. The second-order valence-corrected chi connectivity index (χ2v) is 4.11. The van der Waals surface area contributed by atoms with E-state index in [2.05, 4.69) is 11.8 Å². The van der Waals surface area contributed by atoms with Crippen molar-refractivity contribution < 1.29 is 4.74 Å². The van der Waals surface area contributed by atoms with Crippen LogP contribution in [0.25, 0.3) is 0 Å². The molecule has 1 fully saturated rings. The lowest BCUT2D eigenvalue weighted by Gasteiger charge is -2.49. The van der Waals surface area contributed by atoms with Gasteiger partial charge in [-0.1, -0.05) is 12.2 Å². The van der Waals surface area contributed by atoms with Crippen molar-refractivity contribution in [3.63, 3.8) is 0 Å². The van der Waals surface area contributed by atoms with E-state index in [4.69, 9.17) is 22.7 Å². The third kappa shape index (κ3) is 1.76. The SMILES string of the molecule is COC1(C)CN(C(C)C(N)=S)C1. The van der Waals surface area contributed by atoms with Crippen LogP contribution in [0.5, 0.6) is 0 Å². The molecule has 0 bridgehead atoms. The second-order valence-electron chi connectivity index (χ2n) is 3.64. The first kappa shape index (κ1) is 9.89. The highest BCUT2D eigenvalue weighted by molar-refractivity contribution is 7.80. The van der Waals surface area contributed by atoms with Gasteiger partial charge in [0.25, 0.3) is 0 Å². The van der Waals surface area contributed by atoms with Crippen molar-refractivity contribution in [1.82, 2.24) is 4.90 Å². The smallest absolute Gasteiger partial charge is 0.0903 e. The highest BCUT2D eigenvalue weighted by atomic mass is 32.1. The van der Waals surface area contributed by atoms with Gasteiger partial charge in [0.15, 0.2) is 0 Å². The Hall–Kier alpha value is -0.190. The highest BCUT2D eigenvalue weighted by Crippen LogP contribution is 2.25. The molecule has 1 aliphatic rings. The van der Waals surface area contributed by atoms with Crippen LogP contribution in [0.4, 0.5) is 0 Å². The Kier molecular flexibility index (Phi) is 2.70. The standard InChI is InChI=1S/C8H16N2OS/c1-6(7(9)12)10-4-8(2,5-10)11-3/h6H,4-5H2,1-3H3,(H2,9,12). The van der Waals surface area contributed by atoms with Gasteiger partial charge in [0.1, 0.15) is 0 Å². The van der Waals surface area contributed by atoms with Crippen LogP contribution in [0, 0.1) is 0 Å². The van der Waals surface area contributed by atoms with Crippen molar-refractivity contribution in [3.05, 3.63) is 0 Å². The molecule has 70 valence electrons. The van der Waals surface area contributed by atoms with E-state index in [0.717, 1.165) is 13.1 Å². The molecule has 3 nitrogen and oxygen atoms in total. The number of methoxy groups -OCH3 is 1. The first-order valence-electron chi connectivity index (χ1n) is 4.07. The summed E-state index contributed by atoms with van der Waals surface area (Å²) >= 11 is 4.90. The number of hydrogen-bond acceptors (Lipinski definition) is 3. The maximum absolute atomic E-state index is 5.53. The topological polar surface area (TPSA) is 38.5 Å². The van der Waals surface area contributed by atoms with E-state index in [1.54, 1.807) is 7.11 Å². The average molecular weight is 188 g/mol. The molecule has 0 aromatic rings. The summed E-state index contributed by atoms with van der Waals surface area (Å²) in [4.78, 5) is 2.78. The lowest BCUT2D eigenvalue weighted by molar-refractivity contribution is -0.115. The van der Waals surface area contributed by atoms with Crippen LogP contribution in [0.1, 0.15) is 13.8 Å². The van der Waals surface area contributed by atoms with Gasteiger partial charge in [-0.25, -0.2) is 0 Å². The van der Waals surface area contributed by atoms with E-state index in [9.17, 15) is 0 Å². The van der Waals surface area contributed by atoms with Crippen molar-refractivity contribution >= 4 is 17.2 Å². The fraction of sp³-hybridized carbons (Fsp3) is 0.875. The monoisotopic (exact) mass is 188 g/mol. The Bertz CT molecular complexity index is 189. The van der Waals surface area contributed by atoms with Crippen LogP contribution >= 0.6 is 12.2 Å². The summed E-state index contributed by atoms with van der Waals surface area (Å²) in [6.45, 7) is 5.96. The summed E-state index contributed by atoms with van der Waals surface area (Å²) in [7, 11) is 1.74. The van der Waals surface area contributed by atoms with Gasteiger partial charge in [0, 0.05) is 20.2 Å². The minimum Gasteiger partial charge on any atom is -0.392 e. The number of nitrogens with zero attached hydrogens (tertiary/aromatic N) is 1. The Morgan fingerprint density at radius 1 is 1.67 bits per heavy atom. The molecule has 1 unspecified atom stereocenters. The van der Waals surface area contributed by atoms with E-state index in [-0.39, 0.29) is 11.6 Å². The fourth-order valence-corrected chi connectivity index (χ4v) is 1.54. The lowest BCUT2D eigenvalue weighted by atomic mass is 9.94. The predicted molar refractivity (Wildman–Crippen MR) is 53.2 cm³/mol. The molecule has 0 aliphatic carbocycles. The largest absolute Gasteiger partial charge is 0.392 e. The van der Waals surface area contributed by atoms with Gasteiger partial charge in [0.05, 0.1) is 16.6 Å². The molecule has 4 heteroatoms. The van der Waals surface area contributed by atoms with Crippen LogP contribution in [-0.2, 0) is 4.74 Å². The van der Waals surface area contributed by atoms with Gasteiger partial charge >= 0.3 is 0 Å². The molecule has 0 saturated carbocycles. The highest BCUT2D eigenvalue weighted by Gasteiger charge is 2.41. The third-order valence-corrected chi connectivity index (χ3v) is 2.87. The number of ether oxygens (including phenoxy) is 1. The molecule has 0 spiro atoms. The van der Waals surface area contributed by atoms with E-state index in [1.807, 2.05) is 6.92 Å². The van der Waals surface area contributed by atoms with Gasteiger partial charge in [-0.2, -0.15) is 0 Å². The molecule has 2 N–H and O–H groups in total. The molecule has 12 heavy (non-hydrogen) atoms. The molecule has 1 rings (SSSR count). The van der Waals surface area contributed by atoms with Gasteiger partial charge in [-0.15, -0.1) is 0 Å². The molecule has 0 aromatic heterocycles. The zero-order chi connectivity index (χ0) is 9.35. The average Bonchev–Trinajstić information content (AvgIpc) is 1.97. The van der Waals surface area contributed by atoms with E-state index < -0.39 is 0 Å². The summed E-state index contributed by atoms with van der Waals surface area (Å²) in [6.07, 6.45) is 0. The Morgan fingerprint density at radius 3 is 2.50 bits per heavy atom. The first-order chi connectivity index (χ1) is 5.48. The van der Waals surface area contributed by atoms with Crippen LogP contribution in [-0.4, -0.2) is 41.7 Å². The van der Waals surface area contributed by atoms with Crippen LogP contribution < -0.4 is 5.73 Å². The summed E-state index contributed by atoms with van der Waals surface area (Å²) < 4.78 is 5.31. The van der Waals surface area contributed by atoms with Crippen molar-refractivity contribution in [2.24, 2.45) is 5.73 Å². The maximum atomic E-state index is 5.53. The van der Waals surface area contributed by atoms with E-state index in [1.165, 1.54) is 0 Å². The van der Waals surface area contributed by atoms with Gasteiger partial charge in [-0.05, 0) is 13.8 Å². The first-order valence-corrected chi connectivity index (χ1v) is 4.48. The zero-order valence-corrected chi connectivity index (χ0v) is 8.65. The minimum absolute atomic E-state index is 0.0129. The number of rotatable bonds is 3. The molecular weight excluding hydrogens is 172 g/mol. The van der Waals surface area contributed by atoms with E-state index >= 15 is 0 Å². The third-order valence-electron chi connectivity index (χ3n) is 2.53. The van der Waals surface area contributed by atoms with Crippen molar-refractivity contribution in [1.29, 1.82) is 0 Å². The molecule has 0 radical (unpaired) electrons. The number of hydrogen-bond donors (Lipinski definition) is 1. The number of likely N-dealkylation sites (tertiary alicyclic amines) is 1. The molecule has 1 aliphatic heterocycles. The molecule has 1 atom stereocenters. The number of thiocarbonyl (C=S) groups is 1.